The highest BCUT2D eigenvalue weighted by Crippen LogP contribution is 2.08. The summed E-state index contributed by atoms with van der Waals surface area (Å²) in [5, 5.41) is 0. The molecule has 0 aliphatic heterocycles. The molecule has 0 atom stereocenters. The van der Waals surface area contributed by atoms with E-state index in [2.05, 4.69) is 4.98 Å². The molecule has 4 nitrogen and oxygen atoms in total. The average molecular weight is 226 g/mol. The highest BCUT2D eigenvalue weighted by atomic mass is 19.1. The van der Waals surface area contributed by atoms with Gasteiger partial charge >= 0.3 is 0 Å². The molecule has 1 aromatic heterocycles. The summed E-state index contributed by atoms with van der Waals surface area (Å²) in [6.45, 7) is 3.76. The number of aromatic nitrogens is 1. The van der Waals surface area contributed by atoms with Gasteiger partial charge in [0.05, 0.1) is 6.20 Å². The van der Waals surface area contributed by atoms with E-state index in [1.807, 2.05) is 13.8 Å². The lowest BCUT2D eigenvalue weighted by Crippen LogP contribution is -2.36. The molecule has 0 aromatic carbocycles. The summed E-state index contributed by atoms with van der Waals surface area (Å²) >= 11 is 0. The lowest BCUT2D eigenvalue weighted by atomic mass is 10.3. The van der Waals surface area contributed by atoms with Gasteiger partial charge in [0.15, 0.2) is 6.61 Å². The van der Waals surface area contributed by atoms with Gasteiger partial charge in [-0.3, -0.25) is 4.79 Å². The van der Waals surface area contributed by atoms with Crippen molar-refractivity contribution in [3.63, 3.8) is 0 Å². The van der Waals surface area contributed by atoms with Crippen molar-refractivity contribution in [3.8, 4) is 5.75 Å². The van der Waals surface area contributed by atoms with Crippen LogP contribution in [0, 0.1) is 5.95 Å². The molecule has 1 rings (SSSR count). The molecular formula is C11H15FN2O2. The topological polar surface area (TPSA) is 42.4 Å². The second kappa shape index (κ2) is 5.44. The minimum absolute atomic E-state index is 0.0675. The first-order chi connectivity index (χ1) is 7.50. The molecule has 1 aromatic rings. The first-order valence-electron chi connectivity index (χ1n) is 5.00. The monoisotopic (exact) mass is 226 g/mol. The first-order valence-corrected chi connectivity index (χ1v) is 5.00. The van der Waals surface area contributed by atoms with E-state index in [4.69, 9.17) is 4.74 Å². The number of pyridine rings is 1. The molecule has 0 saturated carbocycles. The van der Waals surface area contributed by atoms with Gasteiger partial charge < -0.3 is 9.64 Å². The van der Waals surface area contributed by atoms with Crippen molar-refractivity contribution in [2.24, 2.45) is 0 Å². The molecule has 0 bridgehead atoms. The first kappa shape index (κ1) is 12.4. The van der Waals surface area contributed by atoms with Gasteiger partial charge in [-0.2, -0.15) is 4.39 Å². The van der Waals surface area contributed by atoms with E-state index in [-0.39, 0.29) is 18.6 Å². The molecule has 1 heterocycles. The summed E-state index contributed by atoms with van der Waals surface area (Å²) in [7, 11) is 1.71. The number of rotatable bonds is 4. The van der Waals surface area contributed by atoms with Crippen molar-refractivity contribution in [1.29, 1.82) is 0 Å². The van der Waals surface area contributed by atoms with E-state index in [9.17, 15) is 9.18 Å². The fraction of sp³-hybridized carbons (Fsp3) is 0.455. The van der Waals surface area contributed by atoms with E-state index in [1.54, 1.807) is 11.9 Å². The largest absolute Gasteiger partial charge is 0.482 e. The van der Waals surface area contributed by atoms with Gasteiger partial charge in [-0.1, -0.05) is 0 Å². The van der Waals surface area contributed by atoms with Crippen molar-refractivity contribution in [3.05, 3.63) is 24.3 Å². The predicted octanol–water partition coefficient (Wildman–Crippen LogP) is 1.47. The van der Waals surface area contributed by atoms with Crippen molar-refractivity contribution in [2.75, 3.05) is 13.7 Å². The number of carbonyl (C=O) groups excluding carboxylic acids is 1. The number of carbonyl (C=O) groups is 1. The summed E-state index contributed by atoms with van der Waals surface area (Å²) in [5.41, 5.74) is 0. The van der Waals surface area contributed by atoms with Crippen LogP contribution in [0.1, 0.15) is 13.8 Å². The Morgan fingerprint density at radius 1 is 1.56 bits per heavy atom. The van der Waals surface area contributed by atoms with Crippen molar-refractivity contribution < 1.29 is 13.9 Å². The maximum Gasteiger partial charge on any atom is 0.260 e. The summed E-state index contributed by atoms with van der Waals surface area (Å²) in [6.07, 6.45) is 1.25. The Balaban J connectivity index is 2.46. The Bertz CT molecular complexity index is 352. The summed E-state index contributed by atoms with van der Waals surface area (Å²) in [4.78, 5) is 16.5. The Labute approximate surface area is 94.0 Å². The molecule has 0 aliphatic rings. The second-order valence-corrected chi connectivity index (χ2v) is 3.70. The Hall–Kier alpha value is -1.65. The minimum Gasteiger partial charge on any atom is -0.482 e. The minimum atomic E-state index is -0.571. The SMILES string of the molecule is CC(C)N(C)C(=O)COc1ccc(F)nc1. The number of halogens is 1. The van der Waals surface area contributed by atoms with E-state index in [0.717, 1.165) is 0 Å². The number of amides is 1. The van der Waals surface area contributed by atoms with Crippen LogP contribution >= 0.6 is 0 Å². The predicted molar refractivity (Wildman–Crippen MR) is 57.6 cm³/mol. The van der Waals surface area contributed by atoms with Crippen LogP contribution < -0.4 is 4.74 Å². The van der Waals surface area contributed by atoms with Gasteiger partial charge in [-0.25, -0.2) is 4.98 Å². The molecule has 0 spiro atoms. The summed E-state index contributed by atoms with van der Waals surface area (Å²) < 4.78 is 17.7. The number of nitrogens with zero attached hydrogens (tertiary/aromatic N) is 2. The van der Waals surface area contributed by atoms with E-state index < -0.39 is 5.95 Å². The normalized spacial score (nSPS) is 10.3. The fourth-order valence-electron chi connectivity index (χ4n) is 0.983. The van der Waals surface area contributed by atoms with Crippen LogP contribution in [-0.2, 0) is 4.79 Å². The number of hydrogen-bond acceptors (Lipinski definition) is 3. The number of hydrogen-bond donors (Lipinski definition) is 0. The van der Waals surface area contributed by atoms with Crippen LogP contribution in [0.4, 0.5) is 4.39 Å². The molecule has 0 fully saturated rings. The molecule has 5 heteroatoms. The fourth-order valence-corrected chi connectivity index (χ4v) is 0.983. The lowest BCUT2D eigenvalue weighted by molar-refractivity contribution is -0.133. The van der Waals surface area contributed by atoms with Crippen LogP contribution in [0.15, 0.2) is 18.3 Å². The number of likely N-dealkylation sites (N-methyl/N-ethyl adjacent to an activating group) is 1. The summed E-state index contributed by atoms with van der Waals surface area (Å²) in [5.74, 6) is -0.316. The molecule has 16 heavy (non-hydrogen) atoms. The van der Waals surface area contributed by atoms with Gasteiger partial charge in [-0.15, -0.1) is 0 Å². The Morgan fingerprint density at radius 2 is 2.25 bits per heavy atom. The number of ether oxygens (including phenoxy) is 1. The Morgan fingerprint density at radius 3 is 2.75 bits per heavy atom. The Kier molecular flexibility index (Phi) is 4.22. The van der Waals surface area contributed by atoms with Crippen LogP contribution in [0.5, 0.6) is 5.75 Å². The standard InChI is InChI=1S/C11H15FN2O2/c1-8(2)14(3)11(15)7-16-9-4-5-10(12)13-6-9/h4-6,8H,7H2,1-3H3. The van der Waals surface area contributed by atoms with Gasteiger partial charge in [0.25, 0.3) is 5.91 Å². The van der Waals surface area contributed by atoms with Gasteiger partial charge in [0.2, 0.25) is 5.95 Å². The van der Waals surface area contributed by atoms with Crippen molar-refractivity contribution in [2.45, 2.75) is 19.9 Å². The van der Waals surface area contributed by atoms with E-state index >= 15 is 0 Å². The molecule has 0 N–H and O–H groups in total. The molecule has 88 valence electrons. The molecule has 0 unspecified atom stereocenters. The van der Waals surface area contributed by atoms with Crippen molar-refractivity contribution in [1.82, 2.24) is 9.88 Å². The third-order valence-corrected chi connectivity index (χ3v) is 2.23. The van der Waals surface area contributed by atoms with Gasteiger partial charge in [0.1, 0.15) is 5.75 Å². The van der Waals surface area contributed by atoms with Crippen LogP contribution in [0.2, 0.25) is 0 Å². The van der Waals surface area contributed by atoms with E-state index in [0.29, 0.717) is 5.75 Å². The lowest BCUT2D eigenvalue weighted by Gasteiger charge is -2.21. The second-order valence-electron chi connectivity index (χ2n) is 3.70. The van der Waals surface area contributed by atoms with E-state index in [1.165, 1.54) is 18.3 Å². The maximum absolute atomic E-state index is 12.5. The smallest absolute Gasteiger partial charge is 0.260 e. The van der Waals surface area contributed by atoms with Crippen LogP contribution in [-0.4, -0.2) is 35.5 Å². The zero-order valence-corrected chi connectivity index (χ0v) is 9.61. The molecule has 0 radical (unpaired) electrons. The third kappa shape index (κ3) is 3.49. The molecule has 0 aliphatic carbocycles. The van der Waals surface area contributed by atoms with Gasteiger partial charge in [0, 0.05) is 13.1 Å². The quantitative estimate of drug-likeness (QED) is 0.730. The highest BCUT2D eigenvalue weighted by Gasteiger charge is 2.12. The zero-order chi connectivity index (χ0) is 12.1. The van der Waals surface area contributed by atoms with Gasteiger partial charge in [-0.05, 0) is 26.0 Å². The van der Waals surface area contributed by atoms with Crippen LogP contribution in [0.3, 0.4) is 0 Å². The summed E-state index contributed by atoms with van der Waals surface area (Å²) in [6, 6.07) is 2.75. The maximum atomic E-state index is 12.5. The molecular weight excluding hydrogens is 211 g/mol. The van der Waals surface area contributed by atoms with Crippen LogP contribution in [0.25, 0.3) is 0 Å². The molecule has 1 amide bonds. The third-order valence-electron chi connectivity index (χ3n) is 2.23. The highest BCUT2D eigenvalue weighted by molar-refractivity contribution is 5.77. The average Bonchev–Trinajstić information content (AvgIpc) is 2.26. The zero-order valence-electron chi connectivity index (χ0n) is 9.61. The molecule has 0 saturated heterocycles. The van der Waals surface area contributed by atoms with Crippen molar-refractivity contribution >= 4 is 5.91 Å².